The lowest BCUT2D eigenvalue weighted by Gasteiger charge is -2.14. The first-order valence-electron chi connectivity index (χ1n) is 6.59. The first kappa shape index (κ1) is 16.0. The molecule has 1 unspecified atom stereocenters. The highest BCUT2D eigenvalue weighted by Gasteiger charge is 2.08. The van der Waals surface area contributed by atoms with Crippen LogP contribution in [0.25, 0.3) is 0 Å². The van der Waals surface area contributed by atoms with Crippen molar-refractivity contribution in [1.82, 2.24) is 5.32 Å². The molecule has 0 fully saturated rings. The van der Waals surface area contributed by atoms with E-state index in [1.54, 1.807) is 0 Å². The van der Waals surface area contributed by atoms with Crippen LogP contribution >= 0.6 is 27.5 Å². The maximum absolute atomic E-state index is 11.9. The first-order valence-corrected chi connectivity index (χ1v) is 7.76. The zero-order valence-corrected chi connectivity index (χ0v) is 13.9. The molecule has 0 saturated heterocycles. The molecule has 0 spiro atoms. The van der Waals surface area contributed by atoms with Crippen molar-refractivity contribution >= 4 is 39.1 Å². The minimum absolute atomic E-state index is 0.0712. The van der Waals surface area contributed by atoms with Gasteiger partial charge < -0.3 is 10.6 Å². The van der Waals surface area contributed by atoms with Crippen molar-refractivity contribution in [3.8, 4) is 0 Å². The summed E-state index contributed by atoms with van der Waals surface area (Å²) >= 11 is 9.22. The van der Waals surface area contributed by atoms with Crippen molar-refractivity contribution in [2.24, 2.45) is 0 Å². The van der Waals surface area contributed by atoms with Gasteiger partial charge in [0, 0.05) is 21.2 Å². The summed E-state index contributed by atoms with van der Waals surface area (Å²) in [6, 6.07) is 15.2. The van der Waals surface area contributed by atoms with E-state index in [0.717, 1.165) is 15.7 Å². The highest BCUT2D eigenvalue weighted by atomic mass is 79.9. The van der Waals surface area contributed by atoms with Gasteiger partial charge in [0.25, 0.3) is 0 Å². The second-order valence-electron chi connectivity index (χ2n) is 4.71. The van der Waals surface area contributed by atoms with Crippen molar-refractivity contribution in [2.45, 2.75) is 13.0 Å². The van der Waals surface area contributed by atoms with Gasteiger partial charge in [0.2, 0.25) is 5.91 Å². The van der Waals surface area contributed by atoms with Crippen molar-refractivity contribution in [1.29, 1.82) is 0 Å². The van der Waals surface area contributed by atoms with Crippen molar-refractivity contribution in [2.75, 3.05) is 11.9 Å². The summed E-state index contributed by atoms with van der Waals surface area (Å²) in [6.45, 7) is 2.26. The Balaban J connectivity index is 1.83. The molecule has 5 heteroatoms. The van der Waals surface area contributed by atoms with Crippen LogP contribution in [0, 0.1) is 0 Å². The fourth-order valence-corrected chi connectivity index (χ4v) is 2.24. The van der Waals surface area contributed by atoms with Gasteiger partial charge >= 0.3 is 0 Å². The van der Waals surface area contributed by atoms with E-state index in [4.69, 9.17) is 11.6 Å². The summed E-state index contributed by atoms with van der Waals surface area (Å²) in [5, 5.41) is 6.73. The van der Waals surface area contributed by atoms with E-state index >= 15 is 0 Å². The number of rotatable bonds is 5. The third kappa shape index (κ3) is 5.16. The Morgan fingerprint density at radius 2 is 1.76 bits per heavy atom. The molecule has 110 valence electrons. The Hall–Kier alpha value is -1.36. The maximum atomic E-state index is 11.9. The average molecular weight is 368 g/mol. The third-order valence-corrected chi connectivity index (χ3v) is 3.85. The van der Waals surface area contributed by atoms with Gasteiger partial charge in [0.15, 0.2) is 0 Å². The molecule has 2 rings (SSSR count). The van der Waals surface area contributed by atoms with E-state index < -0.39 is 0 Å². The normalized spacial score (nSPS) is 12.0. The molecule has 0 aliphatic rings. The predicted molar refractivity (Wildman–Crippen MR) is 90.6 cm³/mol. The van der Waals surface area contributed by atoms with Crippen LogP contribution in [0.5, 0.6) is 0 Å². The number of hydrogen-bond donors (Lipinski definition) is 2. The smallest absolute Gasteiger partial charge is 0.238 e. The topological polar surface area (TPSA) is 41.1 Å². The van der Waals surface area contributed by atoms with E-state index in [0.29, 0.717) is 5.02 Å². The Kier molecular flexibility index (Phi) is 5.79. The van der Waals surface area contributed by atoms with Gasteiger partial charge in [0.1, 0.15) is 0 Å². The zero-order valence-electron chi connectivity index (χ0n) is 11.6. The molecule has 2 aromatic rings. The Bertz CT molecular complexity index is 599. The molecule has 0 saturated carbocycles. The van der Waals surface area contributed by atoms with Crippen LogP contribution < -0.4 is 10.6 Å². The van der Waals surface area contributed by atoms with Gasteiger partial charge in [-0.3, -0.25) is 4.79 Å². The van der Waals surface area contributed by atoms with Gasteiger partial charge in [-0.05, 0) is 48.9 Å². The second-order valence-corrected chi connectivity index (χ2v) is 6.06. The highest BCUT2D eigenvalue weighted by Crippen LogP contribution is 2.16. The van der Waals surface area contributed by atoms with Crippen LogP contribution in [0.15, 0.2) is 53.0 Å². The molecule has 0 bridgehead atoms. The summed E-state index contributed by atoms with van der Waals surface area (Å²) in [4.78, 5) is 11.9. The van der Waals surface area contributed by atoms with Crippen LogP contribution in [0.1, 0.15) is 18.5 Å². The molecule has 2 aromatic carbocycles. The fraction of sp³-hybridized carbons (Fsp3) is 0.188. The number of anilines is 1. The largest absolute Gasteiger partial charge is 0.325 e. The Morgan fingerprint density at radius 1 is 1.14 bits per heavy atom. The van der Waals surface area contributed by atoms with Crippen LogP contribution in [0.4, 0.5) is 5.69 Å². The minimum atomic E-state index is -0.0712. The summed E-state index contributed by atoms with van der Waals surface area (Å²) in [6.07, 6.45) is 0. The summed E-state index contributed by atoms with van der Waals surface area (Å²) in [5.74, 6) is -0.0712. The number of halogens is 2. The maximum Gasteiger partial charge on any atom is 0.238 e. The molecule has 2 N–H and O–H groups in total. The van der Waals surface area contributed by atoms with Crippen molar-refractivity contribution in [3.05, 3.63) is 63.6 Å². The molecule has 0 aromatic heterocycles. The summed E-state index contributed by atoms with van der Waals surface area (Å²) < 4.78 is 0.981. The molecule has 3 nitrogen and oxygen atoms in total. The van der Waals surface area contributed by atoms with Gasteiger partial charge in [-0.2, -0.15) is 0 Å². The third-order valence-electron chi connectivity index (χ3n) is 3.07. The number of nitrogens with one attached hydrogen (secondary N) is 2. The van der Waals surface area contributed by atoms with E-state index in [-0.39, 0.29) is 18.5 Å². The number of amides is 1. The Morgan fingerprint density at radius 3 is 2.38 bits per heavy atom. The highest BCUT2D eigenvalue weighted by molar-refractivity contribution is 9.10. The number of carbonyl (C=O) groups excluding carboxylic acids is 1. The zero-order chi connectivity index (χ0) is 15.2. The van der Waals surface area contributed by atoms with Gasteiger partial charge in [-0.1, -0.05) is 39.7 Å². The van der Waals surface area contributed by atoms with Crippen LogP contribution in [0.2, 0.25) is 5.02 Å². The fourth-order valence-electron chi connectivity index (χ4n) is 1.85. The van der Waals surface area contributed by atoms with E-state index in [2.05, 4.69) is 26.6 Å². The van der Waals surface area contributed by atoms with Crippen molar-refractivity contribution in [3.63, 3.8) is 0 Å². The van der Waals surface area contributed by atoms with E-state index in [1.165, 1.54) is 0 Å². The van der Waals surface area contributed by atoms with Crippen LogP contribution in [-0.4, -0.2) is 12.5 Å². The lowest BCUT2D eigenvalue weighted by molar-refractivity contribution is -0.115. The molecule has 0 radical (unpaired) electrons. The standard InChI is InChI=1S/C16H16BrClN2O/c1-11(12-2-6-14(18)7-3-12)19-10-16(21)20-15-8-4-13(17)5-9-15/h2-9,11,19H,10H2,1H3,(H,20,21). The molecular formula is C16H16BrClN2O. The quantitative estimate of drug-likeness (QED) is 0.823. The van der Waals surface area contributed by atoms with Gasteiger partial charge in [0.05, 0.1) is 6.54 Å². The predicted octanol–water partition coefficient (Wildman–Crippen LogP) is 4.39. The molecule has 0 aliphatic carbocycles. The number of hydrogen-bond acceptors (Lipinski definition) is 2. The van der Waals surface area contributed by atoms with Gasteiger partial charge in [-0.15, -0.1) is 0 Å². The minimum Gasteiger partial charge on any atom is -0.325 e. The number of benzene rings is 2. The molecule has 21 heavy (non-hydrogen) atoms. The van der Waals surface area contributed by atoms with Crippen LogP contribution in [-0.2, 0) is 4.79 Å². The average Bonchev–Trinajstić information content (AvgIpc) is 2.48. The lowest BCUT2D eigenvalue weighted by atomic mass is 10.1. The molecular weight excluding hydrogens is 352 g/mol. The summed E-state index contributed by atoms with van der Waals surface area (Å²) in [7, 11) is 0. The monoisotopic (exact) mass is 366 g/mol. The molecule has 1 amide bonds. The first-order chi connectivity index (χ1) is 10.0. The molecule has 0 heterocycles. The van der Waals surface area contributed by atoms with Crippen LogP contribution in [0.3, 0.4) is 0 Å². The SMILES string of the molecule is CC(NCC(=O)Nc1ccc(Br)cc1)c1ccc(Cl)cc1. The lowest BCUT2D eigenvalue weighted by Crippen LogP contribution is -2.30. The molecule has 0 aliphatic heterocycles. The van der Waals surface area contributed by atoms with Gasteiger partial charge in [-0.25, -0.2) is 0 Å². The summed E-state index contributed by atoms with van der Waals surface area (Å²) in [5.41, 5.74) is 1.87. The number of carbonyl (C=O) groups is 1. The molecule has 1 atom stereocenters. The van der Waals surface area contributed by atoms with E-state index in [1.807, 2.05) is 55.5 Å². The van der Waals surface area contributed by atoms with E-state index in [9.17, 15) is 4.79 Å². The van der Waals surface area contributed by atoms with Crippen molar-refractivity contribution < 1.29 is 4.79 Å². The Labute approximate surface area is 137 Å². The second kappa shape index (κ2) is 7.59.